The number of hydrogen-bond donors (Lipinski definition) is 1. The van der Waals surface area contributed by atoms with Crippen LogP contribution < -0.4 is 4.90 Å². The van der Waals surface area contributed by atoms with Crippen molar-refractivity contribution in [3.05, 3.63) is 54.5 Å². The zero-order chi connectivity index (χ0) is 17.1. The average Bonchev–Trinajstić information content (AvgIpc) is 3.08. The van der Waals surface area contributed by atoms with Crippen molar-refractivity contribution in [2.24, 2.45) is 0 Å². The molecule has 1 amide bonds. The Labute approximate surface area is 140 Å². The highest BCUT2D eigenvalue weighted by Gasteiger charge is 2.10. The molecular weight excluding hydrogens is 302 g/mol. The van der Waals surface area contributed by atoms with Gasteiger partial charge < -0.3 is 14.8 Å². The lowest BCUT2D eigenvalue weighted by molar-refractivity contribution is -0.123. The van der Waals surface area contributed by atoms with Crippen LogP contribution in [-0.2, 0) is 4.79 Å². The molecule has 0 aliphatic rings. The van der Waals surface area contributed by atoms with Gasteiger partial charge in [-0.2, -0.15) is 0 Å². The monoisotopic (exact) mass is 321 g/mol. The van der Waals surface area contributed by atoms with Crippen LogP contribution in [0.4, 0.5) is 11.5 Å². The van der Waals surface area contributed by atoms with E-state index in [2.05, 4.69) is 15.0 Å². The Bertz CT molecular complexity index is 880. The van der Waals surface area contributed by atoms with Gasteiger partial charge in [0.2, 0.25) is 5.91 Å². The van der Waals surface area contributed by atoms with Crippen molar-refractivity contribution in [1.29, 1.82) is 0 Å². The minimum atomic E-state index is -0.0352. The topological polar surface area (TPSA) is 65.1 Å². The number of nitrogens with zero attached hydrogens (tertiary/aromatic N) is 4. The third kappa shape index (κ3) is 3.12. The van der Waals surface area contributed by atoms with Gasteiger partial charge in [-0.3, -0.25) is 4.79 Å². The number of carbonyl (C=O) groups is 1. The number of carbonyl (C=O) groups excluding carboxylic acids is 1. The van der Waals surface area contributed by atoms with Crippen LogP contribution in [0, 0.1) is 0 Å². The first-order valence-corrected chi connectivity index (χ1v) is 7.57. The van der Waals surface area contributed by atoms with Crippen molar-refractivity contribution in [3.8, 4) is 0 Å². The minimum absolute atomic E-state index is 0.0352. The van der Waals surface area contributed by atoms with E-state index in [1.807, 2.05) is 48.5 Å². The number of nitrogens with one attached hydrogen (secondary N) is 1. The molecule has 0 spiro atoms. The van der Waals surface area contributed by atoms with Crippen LogP contribution in [0.15, 0.2) is 48.9 Å². The Hall–Kier alpha value is -3.15. The Morgan fingerprint density at radius 2 is 1.83 bits per heavy atom. The second kappa shape index (κ2) is 6.54. The van der Waals surface area contributed by atoms with E-state index in [4.69, 9.17) is 0 Å². The van der Waals surface area contributed by atoms with Gasteiger partial charge in [0, 0.05) is 39.1 Å². The maximum atomic E-state index is 11.6. The normalized spacial score (nSPS) is 11.1. The van der Waals surface area contributed by atoms with E-state index in [-0.39, 0.29) is 5.91 Å². The SMILES string of the molecule is CN(C)C(=O)C=Cc1ccc(N(C)c2ncnc3[nH]ccc23)cc1. The number of aromatic nitrogens is 3. The first kappa shape index (κ1) is 15.7. The summed E-state index contributed by atoms with van der Waals surface area (Å²) < 4.78 is 0. The molecule has 6 nitrogen and oxygen atoms in total. The lowest BCUT2D eigenvalue weighted by Gasteiger charge is -2.19. The maximum Gasteiger partial charge on any atom is 0.246 e. The predicted molar refractivity (Wildman–Crippen MR) is 96.1 cm³/mol. The number of rotatable bonds is 4. The molecule has 0 saturated carbocycles. The molecular formula is C18H19N5O. The van der Waals surface area contributed by atoms with E-state index in [9.17, 15) is 4.79 Å². The summed E-state index contributed by atoms with van der Waals surface area (Å²) in [6.07, 6.45) is 6.77. The van der Waals surface area contributed by atoms with E-state index in [0.29, 0.717) is 0 Å². The number of fused-ring (bicyclic) bond motifs is 1. The number of benzene rings is 1. The summed E-state index contributed by atoms with van der Waals surface area (Å²) in [5.74, 6) is 0.805. The summed E-state index contributed by atoms with van der Waals surface area (Å²) in [5, 5.41) is 0.973. The molecule has 24 heavy (non-hydrogen) atoms. The molecule has 2 heterocycles. The summed E-state index contributed by atoms with van der Waals surface area (Å²) in [6.45, 7) is 0. The molecule has 1 aromatic carbocycles. The fourth-order valence-electron chi connectivity index (χ4n) is 2.37. The van der Waals surface area contributed by atoms with Crippen LogP contribution >= 0.6 is 0 Å². The summed E-state index contributed by atoms with van der Waals surface area (Å²) in [4.78, 5) is 26.8. The number of aromatic amines is 1. The lowest BCUT2D eigenvalue weighted by atomic mass is 10.1. The van der Waals surface area contributed by atoms with Crippen LogP contribution in [-0.4, -0.2) is 46.9 Å². The van der Waals surface area contributed by atoms with Crippen molar-refractivity contribution in [2.45, 2.75) is 0 Å². The molecule has 0 unspecified atom stereocenters. The molecule has 0 aliphatic heterocycles. The second-order valence-electron chi connectivity index (χ2n) is 5.65. The highest BCUT2D eigenvalue weighted by atomic mass is 16.2. The van der Waals surface area contributed by atoms with Gasteiger partial charge in [-0.1, -0.05) is 12.1 Å². The summed E-state index contributed by atoms with van der Waals surface area (Å²) in [6, 6.07) is 9.91. The molecule has 6 heteroatoms. The standard InChI is InChI=1S/C18H19N5O/c1-22(2)16(24)9-6-13-4-7-14(8-5-13)23(3)18-15-10-11-19-17(15)20-12-21-18/h4-12H,1-3H3,(H,19,20,21). The van der Waals surface area contributed by atoms with Crippen LogP contribution in [0.3, 0.4) is 0 Å². The third-order valence-corrected chi connectivity index (χ3v) is 3.79. The van der Waals surface area contributed by atoms with Gasteiger partial charge in [-0.15, -0.1) is 0 Å². The predicted octanol–water partition coefficient (Wildman–Crippen LogP) is 2.83. The first-order chi connectivity index (χ1) is 11.6. The molecule has 3 rings (SSSR count). The third-order valence-electron chi connectivity index (χ3n) is 3.79. The lowest BCUT2D eigenvalue weighted by Crippen LogP contribution is -2.18. The Morgan fingerprint density at radius 1 is 1.08 bits per heavy atom. The number of anilines is 2. The van der Waals surface area contributed by atoms with E-state index in [1.54, 1.807) is 32.6 Å². The van der Waals surface area contributed by atoms with Gasteiger partial charge in [-0.25, -0.2) is 9.97 Å². The van der Waals surface area contributed by atoms with Crippen molar-refractivity contribution < 1.29 is 4.79 Å². The molecule has 2 aromatic heterocycles. The van der Waals surface area contributed by atoms with Gasteiger partial charge in [-0.05, 0) is 29.8 Å². The molecule has 0 bridgehead atoms. The van der Waals surface area contributed by atoms with Crippen LogP contribution in [0.5, 0.6) is 0 Å². The number of amides is 1. The number of likely N-dealkylation sites (N-methyl/N-ethyl adjacent to an activating group) is 1. The van der Waals surface area contributed by atoms with E-state index < -0.39 is 0 Å². The van der Waals surface area contributed by atoms with Crippen molar-refractivity contribution in [1.82, 2.24) is 19.9 Å². The van der Waals surface area contributed by atoms with Gasteiger partial charge in [0.25, 0.3) is 0 Å². The quantitative estimate of drug-likeness (QED) is 0.751. The van der Waals surface area contributed by atoms with Gasteiger partial charge in [0.05, 0.1) is 5.39 Å². The van der Waals surface area contributed by atoms with Gasteiger partial charge in [0.1, 0.15) is 17.8 Å². The Morgan fingerprint density at radius 3 is 2.54 bits per heavy atom. The smallest absolute Gasteiger partial charge is 0.246 e. The zero-order valence-corrected chi connectivity index (χ0v) is 13.9. The van der Waals surface area contributed by atoms with Gasteiger partial charge >= 0.3 is 0 Å². The summed E-state index contributed by atoms with van der Waals surface area (Å²) >= 11 is 0. The van der Waals surface area contributed by atoms with E-state index in [0.717, 1.165) is 28.1 Å². The van der Waals surface area contributed by atoms with Gasteiger partial charge in [0.15, 0.2) is 0 Å². The molecule has 0 atom stereocenters. The maximum absolute atomic E-state index is 11.6. The van der Waals surface area contributed by atoms with Crippen LogP contribution in [0.25, 0.3) is 17.1 Å². The van der Waals surface area contributed by atoms with Crippen molar-refractivity contribution in [2.75, 3.05) is 26.0 Å². The first-order valence-electron chi connectivity index (χ1n) is 7.57. The molecule has 1 N–H and O–H groups in total. The van der Waals surface area contributed by atoms with Crippen molar-refractivity contribution >= 4 is 34.5 Å². The molecule has 122 valence electrons. The Kier molecular flexibility index (Phi) is 4.29. The molecule has 0 saturated heterocycles. The summed E-state index contributed by atoms with van der Waals surface area (Å²) in [5.41, 5.74) is 2.79. The fraction of sp³-hybridized carbons (Fsp3) is 0.167. The Balaban J connectivity index is 1.83. The largest absolute Gasteiger partial charge is 0.346 e. The highest BCUT2D eigenvalue weighted by molar-refractivity contribution is 5.92. The zero-order valence-electron chi connectivity index (χ0n) is 13.9. The van der Waals surface area contributed by atoms with E-state index >= 15 is 0 Å². The van der Waals surface area contributed by atoms with Crippen LogP contribution in [0.1, 0.15) is 5.56 Å². The minimum Gasteiger partial charge on any atom is -0.346 e. The molecule has 3 aromatic rings. The second-order valence-corrected chi connectivity index (χ2v) is 5.65. The number of hydrogen-bond acceptors (Lipinski definition) is 4. The highest BCUT2D eigenvalue weighted by Crippen LogP contribution is 2.27. The molecule has 0 fully saturated rings. The number of H-pyrrole nitrogens is 1. The van der Waals surface area contributed by atoms with Crippen LogP contribution in [0.2, 0.25) is 0 Å². The summed E-state index contributed by atoms with van der Waals surface area (Å²) in [7, 11) is 5.43. The molecule has 0 aliphatic carbocycles. The molecule has 0 radical (unpaired) electrons. The fourth-order valence-corrected chi connectivity index (χ4v) is 2.37. The van der Waals surface area contributed by atoms with E-state index in [1.165, 1.54) is 4.90 Å². The average molecular weight is 321 g/mol. The van der Waals surface area contributed by atoms with Crippen molar-refractivity contribution in [3.63, 3.8) is 0 Å².